The number of aromatic nitrogens is 1. The summed E-state index contributed by atoms with van der Waals surface area (Å²) in [6.45, 7) is 1.05. The third kappa shape index (κ3) is 4.99. The molecule has 0 amide bonds. The van der Waals surface area contributed by atoms with Gasteiger partial charge in [0.1, 0.15) is 12.4 Å². The molecule has 1 aromatic heterocycles. The van der Waals surface area contributed by atoms with Gasteiger partial charge in [0, 0.05) is 32.7 Å². The van der Waals surface area contributed by atoms with E-state index in [2.05, 4.69) is 12.0 Å². The molecule has 0 fully saturated rings. The molecule has 1 radical (unpaired) electrons. The molecule has 23 heavy (non-hydrogen) atoms. The predicted octanol–water partition coefficient (Wildman–Crippen LogP) is 2.90. The van der Waals surface area contributed by atoms with Crippen LogP contribution in [0.1, 0.15) is 5.56 Å². The number of rotatable bonds is 5. The van der Waals surface area contributed by atoms with Crippen molar-refractivity contribution >= 4 is 0 Å². The number of hydrogen-bond acceptors (Lipinski definition) is 2. The van der Waals surface area contributed by atoms with Crippen molar-refractivity contribution in [2.75, 3.05) is 6.61 Å². The van der Waals surface area contributed by atoms with E-state index in [-0.39, 0.29) is 39.3 Å². The van der Waals surface area contributed by atoms with Gasteiger partial charge in [-0.2, -0.15) is 12.1 Å². The molecule has 2 rings (SSSR count). The second kappa shape index (κ2) is 8.95. The van der Waals surface area contributed by atoms with Gasteiger partial charge in [-0.3, -0.25) is 4.79 Å². The zero-order valence-electron chi connectivity index (χ0n) is 12.6. The van der Waals surface area contributed by atoms with Crippen LogP contribution in [-0.2, 0) is 39.3 Å². The fraction of sp³-hybridized carbons (Fsp3) is 0.235. The van der Waals surface area contributed by atoms with Crippen LogP contribution in [0.25, 0.3) is 11.3 Å². The van der Waals surface area contributed by atoms with Crippen molar-refractivity contribution < 1.29 is 46.2 Å². The summed E-state index contributed by atoms with van der Waals surface area (Å²) >= 11 is 0. The number of pyridine rings is 1. The van der Waals surface area contributed by atoms with Crippen molar-refractivity contribution in [2.24, 2.45) is 0 Å². The maximum absolute atomic E-state index is 12.7. The van der Waals surface area contributed by atoms with Crippen LogP contribution in [0.5, 0.6) is 5.75 Å². The van der Waals surface area contributed by atoms with E-state index in [1.807, 2.05) is 0 Å². The summed E-state index contributed by atoms with van der Waals surface area (Å²) in [6, 6.07) is 11.1. The van der Waals surface area contributed by atoms with E-state index in [9.17, 15) is 13.6 Å². The number of terminal acetylenes is 1. The van der Waals surface area contributed by atoms with Crippen LogP contribution in [0.2, 0.25) is 0 Å². The molecule has 0 N–H and O–H groups in total. The molecule has 0 spiro atoms. The predicted molar refractivity (Wildman–Crippen MR) is 80.0 cm³/mol. The minimum absolute atomic E-state index is 0. The average molecular weight is 391 g/mol. The fourth-order valence-corrected chi connectivity index (χ4v) is 2.02. The molecule has 0 aliphatic heterocycles. The molecule has 0 bridgehead atoms. The average Bonchev–Trinajstić information content (AvgIpc) is 2.50. The summed E-state index contributed by atoms with van der Waals surface area (Å²) in [5.41, 5.74) is 0.852. The van der Waals surface area contributed by atoms with Crippen molar-refractivity contribution in [3.63, 3.8) is 0 Å². The molecule has 0 aliphatic rings. The Labute approximate surface area is 158 Å². The Bertz CT molecular complexity index is 749. The van der Waals surface area contributed by atoms with Crippen LogP contribution in [0.3, 0.4) is 0 Å². The summed E-state index contributed by atoms with van der Waals surface area (Å²) < 4.78 is 31.7. The number of benzene rings is 1. The molecule has 1 heterocycles. The van der Waals surface area contributed by atoms with Crippen molar-refractivity contribution in [1.82, 2.24) is 4.57 Å². The first-order chi connectivity index (χ1) is 10.5. The number of alkyl halides is 2. The van der Waals surface area contributed by atoms with E-state index in [1.165, 1.54) is 6.07 Å². The number of nitrogens with zero attached hydrogens (tertiary/aromatic N) is 1. The van der Waals surface area contributed by atoms with Crippen molar-refractivity contribution in [2.45, 2.75) is 19.9 Å². The molecular weight excluding hydrogens is 377 g/mol. The van der Waals surface area contributed by atoms with E-state index in [0.717, 1.165) is 4.57 Å². The number of hydrogen-bond donors (Lipinski definition) is 0. The van der Waals surface area contributed by atoms with Gasteiger partial charge >= 0.3 is 0 Å². The van der Waals surface area contributed by atoms with E-state index in [1.54, 1.807) is 31.2 Å². The molecule has 6 heteroatoms. The third-order valence-electron chi connectivity index (χ3n) is 3.05. The van der Waals surface area contributed by atoms with E-state index >= 15 is 0 Å². The topological polar surface area (TPSA) is 31.2 Å². The molecule has 2 aromatic rings. The summed E-state index contributed by atoms with van der Waals surface area (Å²) in [4.78, 5) is 12.1. The first kappa shape index (κ1) is 19.5. The van der Waals surface area contributed by atoms with Crippen molar-refractivity contribution in [1.29, 1.82) is 0 Å². The normalized spacial score (nSPS) is 10.0. The standard InChI is InChI=1S/C17H14F2NO2.Y/c1-3-10-22-14-7-5-13(6-8-14)15-9-4-12(2)17(21)20(15)11-16(18)19;/h1,4-8,16H,10-11H2,2H3;/q-1;. The van der Waals surface area contributed by atoms with E-state index in [0.29, 0.717) is 22.6 Å². The van der Waals surface area contributed by atoms with Gasteiger partial charge in [-0.1, -0.05) is 29.7 Å². The Morgan fingerprint density at radius 1 is 1.35 bits per heavy atom. The second-order valence-corrected chi connectivity index (χ2v) is 4.64. The second-order valence-electron chi connectivity index (χ2n) is 4.64. The van der Waals surface area contributed by atoms with Gasteiger partial charge in [-0.05, 0) is 12.1 Å². The van der Waals surface area contributed by atoms with Gasteiger partial charge in [-0.15, -0.1) is 18.6 Å². The smallest absolute Gasteiger partial charge is 0.256 e. The number of halogens is 2. The maximum Gasteiger partial charge on any atom is 0.256 e. The monoisotopic (exact) mass is 391 g/mol. The largest absolute Gasteiger partial charge is 0.481 e. The minimum atomic E-state index is -2.62. The molecular formula is C17H14F2NO2Y-. The van der Waals surface area contributed by atoms with Crippen molar-refractivity contribution in [3.05, 3.63) is 52.3 Å². The van der Waals surface area contributed by atoms with Crippen molar-refractivity contribution in [3.8, 4) is 29.4 Å². The molecule has 117 valence electrons. The summed E-state index contributed by atoms with van der Waals surface area (Å²) in [5.74, 6) is 2.92. The van der Waals surface area contributed by atoms with Crippen LogP contribution in [0.4, 0.5) is 8.78 Å². The summed E-state index contributed by atoms with van der Waals surface area (Å²) in [5, 5.41) is 0. The van der Waals surface area contributed by atoms with Gasteiger partial charge in [0.15, 0.2) is 5.56 Å². The quantitative estimate of drug-likeness (QED) is 0.580. The zero-order valence-corrected chi connectivity index (χ0v) is 15.4. The fourth-order valence-electron chi connectivity index (χ4n) is 2.02. The maximum atomic E-state index is 12.7. The zero-order chi connectivity index (χ0) is 16.1. The molecule has 0 saturated carbocycles. The third-order valence-corrected chi connectivity index (χ3v) is 3.05. The molecule has 0 atom stereocenters. The Hall–Kier alpha value is -1.51. The number of ether oxygens (including phenoxy) is 1. The molecule has 0 saturated heterocycles. The molecule has 0 unspecified atom stereocenters. The van der Waals surface area contributed by atoms with Gasteiger partial charge in [-0.25, -0.2) is 8.78 Å². The Morgan fingerprint density at radius 3 is 2.57 bits per heavy atom. The molecule has 3 nitrogen and oxygen atoms in total. The molecule has 1 aromatic carbocycles. The van der Waals surface area contributed by atoms with Gasteiger partial charge in [0.05, 0.1) is 6.54 Å². The SMILES string of the molecule is C#CCOc1ccc(-c2[c-]cc(C)c(=O)n2CC(F)F)cc1.[Y]. The first-order valence-corrected chi connectivity index (χ1v) is 6.60. The van der Waals surface area contributed by atoms with E-state index < -0.39 is 18.5 Å². The summed E-state index contributed by atoms with van der Waals surface area (Å²) in [7, 11) is 0. The number of aryl methyl sites for hydroxylation is 1. The van der Waals surface area contributed by atoms with Gasteiger partial charge in [0.25, 0.3) is 6.43 Å². The Kier molecular flexibility index (Phi) is 7.61. The molecule has 0 aliphatic carbocycles. The minimum Gasteiger partial charge on any atom is -0.481 e. The Balaban J connectivity index is 0.00000264. The van der Waals surface area contributed by atoms with Crippen LogP contribution < -0.4 is 10.3 Å². The van der Waals surface area contributed by atoms with Crippen LogP contribution >= 0.6 is 0 Å². The van der Waals surface area contributed by atoms with E-state index in [4.69, 9.17) is 11.2 Å². The van der Waals surface area contributed by atoms with Crippen LogP contribution in [-0.4, -0.2) is 17.6 Å². The van der Waals surface area contributed by atoms with Crippen LogP contribution in [0, 0.1) is 25.3 Å². The van der Waals surface area contributed by atoms with Gasteiger partial charge in [0.2, 0.25) is 0 Å². The van der Waals surface area contributed by atoms with Gasteiger partial charge < -0.3 is 9.30 Å². The Morgan fingerprint density at radius 2 is 2.00 bits per heavy atom. The van der Waals surface area contributed by atoms with Crippen LogP contribution in [0.15, 0.2) is 35.1 Å². The summed E-state index contributed by atoms with van der Waals surface area (Å²) in [6.07, 6.45) is 2.48. The first-order valence-electron chi connectivity index (χ1n) is 6.60.